The van der Waals surface area contributed by atoms with Gasteiger partial charge in [-0.3, -0.25) is 4.79 Å². The van der Waals surface area contributed by atoms with E-state index >= 15 is 0 Å². The van der Waals surface area contributed by atoms with Crippen molar-refractivity contribution in [3.05, 3.63) is 35.9 Å². The number of hydrogen-bond donors (Lipinski definition) is 0. The first-order valence-corrected chi connectivity index (χ1v) is 5.51. The van der Waals surface area contributed by atoms with Crippen LogP contribution in [0.25, 0.3) is 0 Å². The van der Waals surface area contributed by atoms with Gasteiger partial charge in [0, 0.05) is 0 Å². The first-order valence-electron chi connectivity index (χ1n) is 5.51. The summed E-state index contributed by atoms with van der Waals surface area (Å²) < 4.78 is 15.1. The standard InChI is InChI=1S/C13H18O4/c1-11(13(14)15-2)8-16-10-17-9-12-6-4-3-5-7-12/h3-7,11H,8-10H2,1-2H3. The molecule has 0 N–H and O–H groups in total. The highest BCUT2D eigenvalue weighted by molar-refractivity contribution is 5.71. The van der Waals surface area contributed by atoms with E-state index in [4.69, 9.17) is 9.47 Å². The zero-order valence-corrected chi connectivity index (χ0v) is 10.2. The van der Waals surface area contributed by atoms with Crippen molar-refractivity contribution in [2.75, 3.05) is 20.5 Å². The fourth-order valence-electron chi connectivity index (χ4n) is 1.29. The molecular weight excluding hydrogens is 220 g/mol. The lowest BCUT2D eigenvalue weighted by atomic mass is 10.2. The minimum atomic E-state index is -0.270. The van der Waals surface area contributed by atoms with Gasteiger partial charge in [-0.1, -0.05) is 30.3 Å². The Balaban J connectivity index is 2.07. The molecule has 0 aliphatic carbocycles. The SMILES string of the molecule is COC(=O)C(C)COCOCc1ccccc1. The number of methoxy groups -OCH3 is 1. The number of esters is 1. The van der Waals surface area contributed by atoms with Crippen molar-refractivity contribution in [1.29, 1.82) is 0 Å². The second-order valence-electron chi connectivity index (χ2n) is 3.75. The highest BCUT2D eigenvalue weighted by atomic mass is 16.7. The third-order valence-electron chi connectivity index (χ3n) is 2.25. The van der Waals surface area contributed by atoms with E-state index < -0.39 is 0 Å². The molecule has 0 aliphatic heterocycles. The van der Waals surface area contributed by atoms with Gasteiger partial charge in [0.05, 0.1) is 26.2 Å². The predicted octanol–water partition coefficient (Wildman–Crippen LogP) is 1.99. The Bertz CT molecular complexity index is 323. The maximum absolute atomic E-state index is 11.1. The van der Waals surface area contributed by atoms with Gasteiger partial charge >= 0.3 is 5.97 Å². The Morgan fingerprint density at radius 3 is 2.59 bits per heavy atom. The summed E-state index contributed by atoms with van der Waals surface area (Å²) >= 11 is 0. The van der Waals surface area contributed by atoms with Crippen LogP contribution in [0.3, 0.4) is 0 Å². The van der Waals surface area contributed by atoms with Crippen molar-refractivity contribution in [2.24, 2.45) is 5.92 Å². The van der Waals surface area contributed by atoms with E-state index in [9.17, 15) is 4.79 Å². The maximum Gasteiger partial charge on any atom is 0.310 e. The minimum Gasteiger partial charge on any atom is -0.469 e. The molecule has 4 nitrogen and oxygen atoms in total. The van der Waals surface area contributed by atoms with E-state index in [1.165, 1.54) is 7.11 Å². The van der Waals surface area contributed by atoms with Crippen LogP contribution in [0, 0.1) is 5.92 Å². The lowest BCUT2D eigenvalue weighted by Gasteiger charge is -2.10. The molecule has 1 atom stereocenters. The van der Waals surface area contributed by atoms with Gasteiger partial charge in [0.1, 0.15) is 6.79 Å². The summed E-state index contributed by atoms with van der Waals surface area (Å²) in [5.41, 5.74) is 1.09. The van der Waals surface area contributed by atoms with E-state index in [1.807, 2.05) is 30.3 Å². The summed E-state index contributed by atoms with van der Waals surface area (Å²) in [4.78, 5) is 11.1. The zero-order chi connectivity index (χ0) is 12.5. The predicted molar refractivity (Wildman–Crippen MR) is 63.2 cm³/mol. The molecule has 0 radical (unpaired) electrons. The molecule has 0 spiro atoms. The average Bonchev–Trinajstić information content (AvgIpc) is 2.38. The van der Waals surface area contributed by atoms with Crippen molar-refractivity contribution in [3.63, 3.8) is 0 Å². The Hall–Kier alpha value is -1.39. The van der Waals surface area contributed by atoms with E-state index in [0.29, 0.717) is 13.2 Å². The quantitative estimate of drug-likeness (QED) is 0.414. The van der Waals surface area contributed by atoms with Crippen LogP contribution in [0.1, 0.15) is 12.5 Å². The Labute approximate surface area is 101 Å². The smallest absolute Gasteiger partial charge is 0.310 e. The normalized spacial score (nSPS) is 12.1. The maximum atomic E-state index is 11.1. The van der Waals surface area contributed by atoms with Crippen molar-refractivity contribution < 1.29 is 19.0 Å². The topological polar surface area (TPSA) is 44.8 Å². The van der Waals surface area contributed by atoms with Crippen molar-refractivity contribution in [2.45, 2.75) is 13.5 Å². The van der Waals surface area contributed by atoms with Gasteiger partial charge in [-0.25, -0.2) is 0 Å². The molecule has 0 heterocycles. The van der Waals surface area contributed by atoms with Crippen LogP contribution >= 0.6 is 0 Å². The van der Waals surface area contributed by atoms with Crippen LogP contribution < -0.4 is 0 Å². The first kappa shape index (κ1) is 13.7. The van der Waals surface area contributed by atoms with E-state index in [2.05, 4.69) is 4.74 Å². The van der Waals surface area contributed by atoms with Crippen LogP contribution in [0.4, 0.5) is 0 Å². The molecule has 0 aliphatic rings. The molecular formula is C13H18O4. The zero-order valence-electron chi connectivity index (χ0n) is 10.2. The van der Waals surface area contributed by atoms with Gasteiger partial charge in [-0.2, -0.15) is 0 Å². The number of carbonyl (C=O) groups excluding carboxylic acids is 1. The van der Waals surface area contributed by atoms with Gasteiger partial charge in [0.2, 0.25) is 0 Å². The molecule has 0 saturated heterocycles. The molecule has 0 saturated carbocycles. The van der Waals surface area contributed by atoms with E-state index in [-0.39, 0.29) is 18.7 Å². The lowest BCUT2D eigenvalue weighted by molar-refractivity contribution is -0.149. The molecule has 1 aromatic carbocycles. The summed E-state index contributed by atoms with van der Waals surface area (Å²) in [5.74, 6) is -0.534. The van der Waals surface area contributed by atoms with Crippen molar-refractivity contribution >= 4 is 5.97 Å². The Kier molecular flexibility index (Phi) is 6.29. The summed E-state index contributed by atoms with van der Waals surface area (Å²) in [6, 6.07) is 9.84. The fourth-order valence-corrected chi connectivity index (χ4v) is 1.29. The molecule has 0 aromatic heterocycles. The molecule has 4 heteroatoms. The van der Waals surface area contributed by atoms with Gasteiger partial charge in [0.25, 0.3) is 0 Å². The summed E-state index contributed by atoms with van der Waals surface area (Å²) in [5, 5.41) is 0. The van der Waals surface area contributed by atoms with Crippen LogP contribution in [-0.2, 0) is 25.6 Å². The molecule has 17 heavy (non-hydrogen) atoms. The largest absolute Gasteiger partial charge is 0.469 e. The number of ether oxygens (including phenoxy) is 3. The van der Waals surface area contributed by atoms with Crippen LogP contribution in [-0.4, -0.2) is 26.5 Å². The molecule has 0 bridgehead atoms. The number of hydrogen-bond acceptors (Lipinski definition) is 4. The average molecular weight is 238 g/mol. The number of benzene rings is 1. The molecule has 0 amide bonds. The van der Waals surface area contributed by atoms with E-state index in [1.54, 1.807) is 6.92 Å². The number of rotatable bonds is 7. The van der Waals surface area contributed by atoms with Gasteiger partial charge < -0.3 is 14.2 Å². The van der Waals surface area contributed by atoms with Gasteiger partial charge in [-0.05, 0) is 12.5 Å². The third-order valence-corrected chi connectivity index (χ3v) is 2.25. The second kappa shape index (κ2) is 7.81. The first-order chi connectivity index (χ1) is 8.24. The summed E-state index contributed by atoms with van der Waals surface area (Å²) in [6.07, 6.45) is 0. The second-order valence-corrected chi connectivity index (χ2v) is 3.75. The van der Waals surface area contributed by atoms with Gasteiger partial charge in [-0.15, -0.1) is 0 Å². The van der Waals surface area contributed by atoms with Crippen LogP contribution in [0.5, 0.6) is 0 Å². The Morgan fingerprint density at radius 2 is 1.94 bits per heavy atom. The fraction of sp³-hybridized carbons (Fsp3) is 0.462. The van der Waals surface area contributed by atoms with Crippen molar-refractivity contribution in [1.82, 2.24) is 0 Å². The summed E-state index contributed by atoms with van der Waals surface area (Å²) in [6.45, 7) is 2.74. The molecule has 94 valence electrons. The highest BCUT2D eigenvalue weighted by Gasteiger charge is 2.12. The molecule has 1 unspecified atom stereocenters. The molecule has 1 aromatic rings. The summed E-state index contributed by atoms with van der Waals surface area (Å²) in [7, 11) is 1.37. The van der Waals surface area contributed by atoms with Crippen LogP contribution in [0.15, 0.2) is 30.3 Å². The van der Waals surface area contributed by atoms with E-state index in [0.717, 1.165) is 5.56 Å². The molecule has 0 fully saturated rings. The minimum absolute atomic E-state index is 0.177. The monoisotopic (exact) mass is 238 g/mol. The van der Waals surface area contributed by atoms with Gasteiger partial charge in [0.15, 0.2) is 0 Å². The van der Waals surface area contributed by atoms with Crippen LogP contribution in [0.2, 0.25) is 0 Å². The third kappa shape index (κ3) is 5.47. The lowest BCUT2D eigenvalue weighted by Crippen LogP contribution is -2.19. The Morgan fingerprint density at radius 1 is 1.24 bits per heavy atom. The molecule has 1 rings (SSSR count). The highest BCUT2D eigenvalue weighted by Crippen LogP contribution is 2.02. The van der Waals surface area contributed by atoms with Crippen molar-refractivity contribution in [3.8, 4) is 0 Å². The number of carbonyl (C=O) groups is 1.